The summed E-state index contributed by atoms with van der Waals surface area (Å²) in [6, 6.07) is 6.56. The number of aliphatic imine (C=N–C) groups is 1. The van der Waals surface area contributed by atoms with Crippen LogP contribution < -0.4 is 10.1 Å². The second-order valence-corrected chi connectivity index (χ2v) is 6.85. The SMILES string of the molecule is CN=C(NCc1ccc(OCC(F)(F)F)cc1)N1CCC(OCCCOC)CC1.I. The van der Waals surface area contributed by atoms with Crippen LogP contribution in [0.2, 0.25) is 0 Å². The highest BCUT2D eigenvalue weighted by Crippen LogP contribution is 2.19. The summed E-state index contributed by atoms with van der Waals surface area (Å²) >= 11 is 0. The van der Waals surface area contributed by atoms with E-state index in [1.54, 1.807) is 26.3 Å². The number of hydrogen-bond acceptors (Lipinski definition) is 4. The monoisotopic (exact) mass is 545 g/mol. The smallest absolute Gasteiger partial charge is 0.422 e. The largest absolute Gasteiger partial charge is 0.484 e. The first-order valence-electron chi connectivity index (χ1n) is 9.76. The first kappa shape index (κ1) is 26.8. The standard InChI is InChI=1S/C20H30F3N3O3.HI/c1-24-19(26-10-8-18(9-11-26)28-13-3-12-27-2)25-14-16-4-6-17(7-5-16)29-15-20(21,22)23;/h4-7,18H,3,8-15H2,1-2H3,(H,24,25);1H. The van der Waals surface area contributed by atoms with Crippen LogP contribution in [0.15, 0.2) is 29.3 Å². The van der Waals surface area contributed by atoms with Crippen LogP contribution in [0.25, 0.3) is 0 Å². The lowest BCUT2D eigenvalue weighted by Gasteiger charge is -2.34. The first-order valence-corrected chi connectivity index (χ1v) is 9.76. The Labute approximate surface area is 193 Å². The molecule has 1 aliphatic heterocycles. The molecular weight excluding hydrogens is 514 g/mol. The lowest BCUT2D eigenvalue weighted by molar-refractivity contribution is -0.153. The number of ether oxygens (including phenoxy) is 3. The molecule has 1 aliphatic rings. The Morgan fingerprint density at radius 2 is 1.83 bits per heavy atom. The third-order valence-corrected chi connectivity index (χ3v) is 4.58. The molecule has 1 aromatic carbocycles. The van der Waals surface area contributed by atoms with Crippen LogP contribution in [0, 0.1) is 0 Å². The fourth-order valence-electron chi connectivity index (χ4n) is 3.07. The van der Waals surface area contributed by atoms with Gasteiger partial charge >= 0.3 is 6.18 Å². The van der Waals surface area contributed by atoms with Crippen molar-refractivity contribution in [3.8, 4) is 5.75 Å². The number of rotatable bonds is 9. The molecule has 10 heteroatoms. The Kier molecular flexibility index (Phi) is 12.4. The zero-order chi connectivity index (χ0) is 21.1. The second-order valence-electron chi connectivity index (χ2n) is 6.85. The predicted molar refractivity (Wildman–Crippen MR) is 121 cm³/mol. The molecule has 0 spiro atoms. The third kappa shape index (κ3) is 10.2. The van der Waals surface area contributed by atoms with Crippen LogP contribution in [0.4, 0.5) is 13.2 Å². The highest BCUT2D eigenvalue weighted by Gasteiger charge is 2.28. The molecule has 0 bridgehead atoms. The van der Waals surface area contributed by atoms with Crippen molar-refractivity contribution in [2.24, 2.45) is 4.99 Å². The molecular formula is C20H31F3IN3O3. The number of nitrogens with zero attached hydrogens (tertiary/aromatic N) is 2. The van der Waals surface area contributed by atoms with Gasteiger partial charge in [0.05, 0.1) is 6.10 Å². The van der Waals surface area contributed by atoms with E-state index in [1.807, 2.05) is 0 Å². The van der Waals surface area contributed by atoms with Gasteiger partial charge in [-0.2, -0.15) is 13.2 Å². The van der Waals surface area contributed by atoms with Gasteiger partial charge in [-0.15, -0.1) is 24.0 Å². The highest BCUT2D eigenvalue weighted by molar-refractivity contribution is 14.0. The van der Waals surface area contributed by atoms with Crippen molar-refractivity contribution in [2.45, 2.75) is 38.1 Å². The van der Waals surface area contributed by atoms with E-state index in [2.05, 4.69) is 15.2 Å². The molecule has 1 heterocycles. The molecule has 0 aromatic heterocycles. The van der Waals surface area contributed by atoms with Gasteiger partial charge in [-0.1, -0.05) is 12.1 Å². The van der Waals surface area contributed by atoms with Crippen LogP contribution in [0.5, 0.6) is 5.75 Å². The number of halogens is 4. The zero-order valence-electron chi connectivity index (χ0n) is 17.4. The first-order chi connectivity index (χ1) is 13.9. The molecule has 0 amide bonds. The van der Waals surface area contributed by atoms with Crippen LogP contribution in [0.3, 0.4) is 0 Å². The van der Waals surface area contributed by atoms with Gasteiger partial charge in [0.1, 0.15) is 5.75 Å². The molecule has 0 radical (unpaired) electrons. The van der Waals surface area contributed by atoms with E-state index >= 15 is 0 Å². The molecule has 1 fully saturated rings. The van der Waals surface area contributed by atoms with Crippen LogP contribution in [0.1, 0.15) is 24.8 Å². The van der Waals surface area contributed by atoms with Crippen molar-refractivity contribution in [3.63, 3.8) is 0 Å². The van der Waals surface area contributed by atoms with Gasteiger partial charge in [0.25, 0.3) is 0 Å². The van der Waals surface area contributed by atoms with Gasteiger partial charge in [-0.05, 0) is 37.0 Å². The Balaban J connectivity index is 0.00000450. The minimum atomic E-state index is -4.34. The van der Waals surface area contributed by atoms with E-state index in [9.17, 15) is 13.2 Å². The summed E-state index contributed by atoms with van der Waals surface area (Å²) in [5, 5.41) is 3.30. The van der Waals surface area contributed by atoms with Crippen molar-refractivity contribution < 1.29 is 27.4 Å². The minimum Gasteiger partial charge on any atom is -0.484 e. The molecule has 1 aromatic rings. The Morgan fingerprint density at radius 1 is 1.17 bits per heavy atom. The molecule has 172 valence electrons. The Hall–Kier alpha value is -1.27. The average molecular weight is 545 g/mol. The third-order valence-electron chi connectivity index (χ3n) is 4.58. The van der Waals surface area contributed by atoms with Crippen molar-refractivity contribution in [1.29, 1.82) is 0 Å². The molecule has 0 aliphatic carbocycles. The summed E-state index contributed by atoms with van der Waals surface area (Å²) < 4.78 is 52.2. The summed E-state index contributed by atoms with van der Waals surface area (Å²) in [5.41, 5.74) is 0.932. The fraction of sp³-hybridized carbons (Fsp3) is 0.650. The maximum Gasteiger partial charge on any atom is 0.422 e. The normalized spacial score (nSPS) is 15.6. The summed E-state index contributed by atoms with van der Waals surface area (Å²) in [6.45, 7) is 2.39. The molecule has 1 N–H and O–H groups in total. The summed E-state index contributed by atoms with van der Waals surface area (Å²) in [6.07, 6.45) is -1.28. The lowest BCUT2D eigenvalue weighted by Crippen LogP contribution is -2.46. The number of piperidine rings is 1. The van der Waals surface area contributed by atoms with Crippen LogP contribution >= 0.6 is 24.0 Å². The molecule has 30 heavy (non-hydrogen) atoms. The number of benzene rings is 1. The van der Waals surface area contributed by atoms with Gasteiger partial charge in [-0.25, -0.2) is 0 Å². The van der Waals surface area contributed by atoms with Crippen molar-refractivity contribution in [2.75, 3.05) is 47.1 Å². The Bertz CT molecular complexity index is 622. The minimum absolute atomic E-state index is 0. The highest BCUT2D eigenvalue weighted by atomic mass is 127. The van der Waals surface area contributed by atoms with E-state index < -0.39 is 12.8 Å². The lowest BCUT2D eigenvalue weighted by atomic mass is 10.1. The maximum absolute atomic E-state index is 12.2. The van der Waals surface area contributed by atoms with E-state index in [0.29, 0.717) is 19.8 Å². The van der Waals surface area contributed by atoms with Crippen LogP contribution in [-0.2, 0) is 16.0 Å². The maximum atomic E-state index is 12.2. The van der Waals surface area contributed by atoms with Crippen molar-refractivity contribution in [1.82, 2.24) is 10.2 Å². The van der Waals surface area contributed by atoms with Crippen molar-refractivity contribution in [3.05, 3.63) is 29.8 Å². The molecule has 1 saturated heterocycles. The number of hydrogen-bond donors (Lipinski definition) is 1. The topological polar surface area (TPSA) is 55.3 Å². The molecule has 0 saturated carbocycles. The van der Waals surface area contributed by atoms with Gasteiger partial charge < -0.3 is 24.4 Å². The summed E-state index contributed by atoms with van der Waals surface area (Å²) in [7, 11) is 3.43. The van der Waals surface area contributed by atoms with E-state index in [0.717, 1.165) is 43.9 Å². The number of alkyl halides is 3. The van der Waals surface area contributed by atoms with E-state index in [-0.39, 0.29) is 35.8 Å². The summed E-state index contributed by atoms with van der Waals surface area (Å²) in [5.74, 6) is 1.00. The molecule has 6 nitrogen and oxygen atoms in total. The van der Waals surface area contributed by atoms with E-state index in [1.165, 1.54) is 12.1 Å². The zero-order valence-corrected chi connectivity index (χ0v) is 19.7. The number of methoxy groups -OCH3 is 1. The number of guanidine groups is 1. The summed E-state index contributed by atoms with van der Waals surface area (Å²) in [4.78, 5) is 6.53. The molecule has 0 unspecified atom stereocenters. The Morgan fingerprint density at radius 3 is 2.40 bits per heavy atom. The molecule has 2 rings (SSSR count). The second kappa shape index (κ2) is 13.9. The van der Waals surface area contributed by atoms with E-state index in [4.69, 9.17) is 14.2 Å². The van der Waals surface area contributed by atoms with Gasteiger partial charge in [-0.3, -0.25) is 4.99 Å². The van der Waals surface area contributed by atoms with Crippen LogP contribution in [-0.4, -0.2) is 70.2 Å². The number of nitrogens with one attached hydrogen (secondary N) is 1. The van der Waals surface area contributed by atoms with Gasteiger partial charge in [0, 0.05) is 47.0 Å². The predicted octanol–water partition coefficient (Wildman–Crippen LogP) is 3.84. The van der Waals surface area contributed by atoms with Gasteiger partial charge in [0.15, 0.2) is 12.6 Å². The molecule has 0 atom stereocenters. The average Bonchev–Trinajstić information content (AvgIpc) is 2.71. The fourth-order valence-corrected chi connectivity index (χ4v) is 3.07. The number of likely N-dealkylation sites (tertiary alicyclic amines) is 1. The quantitative estimate of drug-likeness (QED) is 0.221. The van der Waals surface area contributed by atoms with Gasteiger partial charge in [0.2, 0.25) is 0 Å². The van der Waals surface area contributed by atoms with Crippen molar-refractivity contribution >= 4 is 29.9 Å².